The first-order valence-electron chi connectivity index (χ1n) is 4.23. The lowest BCUT2D eigenvalue weighted by atomic mass is 10.3. The Labute approximate surface area is 91.0 Å². The average molecular weight is 232 g/mol. The number of aromatic nitrogens is 1. The summed E-state index contributed by atoms with van der Waals surface area (Å²) < 4.78 is 0. The molecule has 0 fully saturated rings. The molecular weight excluding hydrogens is 222 g/mol. The van der Waals surface area contributed by atoms with Gasteiger partial charge in [0, 0.05) is 12.6 Å². The van der Waals surface area contributed by atoms with Crippen LogP contribution >= 0.6 is 11.6 Å². The number of nitro groups is 1. The van der Waals surface area contributed by atoms with E-state index in [0.717, 1.165) is 0 Å². The zero-order valence-corrected chi connectivity index (χ0v) is 8.73. The summed E-state index contributed by atoms with van der Waals surface area (Å²) in [7, 11) is 0. The molecule has 1 heterocycles. The van der Waals surface area contributed by atoms with E-state index < -0.39 is 11.0 Å². The van der Waals surface area contributed by atoms with Gasteiger partial charge in [0.1, 0.15) is 5.15 Å². The fourth-order valence-electron chi connectivity index (χ4n) is 0.950. The summed E-state index contributed by atoms with van der Waals surface area (Å²) in [4.78, 5) is 13.8. The summed E-state index contributed by atoms with van der Waals surface area (Å²) in [6.07, 6.45) is -0.620. The van der Waals surface area contributed by atoms with Crippen molar-refractivity contribution in [2.75, 3.05) is 11.9 Å². The van der Waals surface area contributed by atoms with Crippen LogP contribution in [0.15, 0.2) is 12.1 Å². The molecule has 0 aromatic carbocycles. The van der Waals surface area contributed by atoms with Gasteiger partial charge in [0.15, 0.2) is 0 Å². The normalized spacial score (nSPS) is 12.2. The van der Waals surface area contributed by atoms with Gasteiger partial charge in [-0.25, -0.2) is 4.98 Å². The maximum absolute atomic E-state index is 10.6. The highest BCUT2D eigenvalue weighted by atomic mass is 35.5. The maximum atomic E-state index is 10.6. The number of halogens is 1. The highest BCUT2D eigenvalue weighted by molar-refractivity contribution is 6.29. The van der Waals surface area contributed by atoms with E-state index in [-0.39, 0.29) is 23.2 Å². The summed E-state index contributed by atoms with van der Waals surface area (Å²) in [5.41, 5.74) is -0.167. The van der Waals surface area contributed by atoms with Crippen LogP contribution in [-0.2, 0) is 0 Å². The lowest BCUT2D eigenvalue weighted by molar-refractivity contribution is -0.384. The Morgan fingerprint density at radius 1 is 1.73 bits per heavy atom. The van der Waals surface area contributed by atoms with Crippen molar-refractivity contribution in [3.8, 4) is 0 Å². The van der Waals surface area contributed by atoms with Gasteiger partial charge in [-0.15, -0.1) is 0 Å². The van der Waals surface area contributed by atoms with Crippen molar-refractivity contribution < 1.29 is 10.0 Å². The third-order valence-electron chi connectivity index (χ3n) is 1.60. The van der Waals surface area contributed by atoms with Crippen LogP contribution in [0, 0.1) is 10.1 Å². The van der Waals surface area contributed by atoms with Crippen molar-refractivity contribution in [1.29, 1.82) is 0 Å². The minimum absolute atomic E-state index is 0.0633. The Morgan fingerprint density at radius 2 is 2.40 bits per heavy atom. The first-order valence-corrected chi connectivity index (χ1v) is 4.61. The minimum Gasteiger partial charge on any atom is -0.392 e. The molecule has 0 aliphatic carbocycles. The minimum atomic E-state index is -0.620. The molecule has 0 spiro atoms. The number of aliphatic hydroxyl groups excluding tert-OH is 1. The highest BCUT2D eigenvalue weighted by Gasteiger charge is 2.15. The molecule has 1 aromatic rings. The van der Waals surface area contributed by atoms with E-state index in [2.05, 4.69) is 10.3 Å². The molecule has 0 aliphatic rings. The van der Waals surface area contributed by atoms with Crippen LogP contribution in [0.5, 0.6) is 0 Å². The van der Waals surface area contributed by atoms with E-state index in [9.17, 15) is 10.1 Å². The number of nitrogens with zero attached hydrogens (tertiary/aromatic N) is 2. The van der Waals surface area contributed by atoms with E-state index in [1.807, 2.05) is 0 Å². The lowest BCUT2D eigenvalue weighted by Crippen LogP contribution is -2.16. The third-order valence-corrected chi connectivity index (χ3v) is 1.81. The van der Waals surface area contributed by atoms with Crippen LogP contribution in [0.3, 0.4) is 0 Å². The predicted octanol–water partition coefficient (Wildman–Crippen LogP) is 1.44. The van der Waals surface area contributed by atoms with Gasteiger partial charge in [-0.2, -0.15) is 0 Å². The van der Waals surface area contributed by atoms with E-state index >= 15 is 0 Å². The summed E-state index contributed by atoms with van der Waals surface area (Å²) in [6, 6.07) is 2.60. The molecule has 15 heavy (non-hydrogen) atoms. The van der Waals surface area contributed by atoms with Crippen molar-refractivity contribution in [1.82, 2.24) is 4.98 Å². The monoisotopic (exact) mass is 231 g/mol. The Morgan fingerprint density at radius 3 is 2.93 bits per heavy atom. The van der Waals surface area contributed by atoms with Gasteiger partial charge >= 0.3 is 5.69 Å². The molecule has 82 valence electrons. The molecule has 7 heteroatoms. The van der Waals surface area contributed by atoms with E-state index in [4.69, 9.17) is 16.7 Å². The number of hydrogen-bond donors (Lipinski definition) is 2. The topological polar surface area (TPSA) is 88.3 Å². The first kappa shape index (κ1) is 11.7. The van der Waals surface area contributed by atoms with E-state index in [0.29, 0.717) is 0 Å². The summed E-state index contributed by atoms with van der Waals surface area (Å²) in [6.45, 7) is 1.73. The smallest absolute Gasteiger partial charge is 0.311 e. The van der Waals surface area contributed by atoms with E-state index in [1.54, 1.807) is 6.92 Å². The van der Waals surface area contributed by atoms with Crippen LogP contribution in [-0.4, -0.2) is 27.7 Å². The van der Waals surface area contributed by atoms with Crippen molar-refractivity contribution in [3.05, 3.63) is 27.4 Å². The van der Waals surface area contributed by atoms with Gasteiger partial charge < -0.3 is 10.4 Å². The molecule has 0 radical (unpaired) electrons. The summed E-state index contributed by atoms with van der Waals surface area (Å²) in [5, 5.41) is 22.4. The number of nitrogens with one attached hydrogen (secondary N) is 1. The largest absolute Gasteiger partial charge is 0.392 e. The van der Waals surface area contributed by atoms with Gasteiger partial charge in [0.25, 0.3) is 0 Å². The zero-order valence-electron chi connectivity index (χ0n) is 7.98. The van der Waals surface area contributed by atoms with Gasteiger partial charge in [0.05, 0.1) is 11.0 Å². The van der Waals surface area contributed by atoms with Gasteiger partial charge in [-0.1, -0.05) is 11.6 Å². The molecule has 1 aromatic heterocycles. The molecule has 0 bridgehead atoms. The molecule has 6 nitrogen and oxygen atoms in total. The van der Waals surface area contributed by atoms with E-state index in [1.165, 1.54) is 12.1 Å². The molecule has 1 atom stereocenters. The molecule has 2 N–H and O–H groups in total. The third kappa shape index (κ3) is 3.34. The second-order valence-corrected chi connectivity index (χ2v) is 3.38. The summed E-state index contributed by atoms with van der Waals surface area (Å²) >= 11 is 5.60. The lowest BCUT2D eigenvalue weighted by Gasteiger charge is -2.07. The quantitative estimate of drug-likeness (QED) is 0.465. The van der Waals surface area contributed by atoms with Crippen LogP contribution in [0.25, 0.3) is 0 Å². The second-order valence-electron chi connectivity index (χ2n) is 2.99. The van der Waals surface area contributed by atoms with Crippen LogP contribution < -0.4 is 5.32 Å². The molecule has 0 aliphatic heterocycles. The molecule has 0 saturated carbocycles. The Hall–Kier alpha value is -1.40. The van der Waals surface area contributed by atoms with Crippen LogP contribution in [0.4, 0.5) is 11.5 Å². The molecular formula is C8H10ClN3O3. The van der Waals surface area contributed by atoms with Gasteiger partial charge in [-0.3, -0.25) is 10.1 Å². The standard InChI is InChI=1S/C8H10ClN3O3/c1-5(13)4-10-8-6(12(14)15)2-3-7(9)11-8/h2-3,5,13H,4H2,1H3,(H,10,11). The number of rotatable bonds is 4. The fraction of sp³-hybridized carbons (Fsp3) is 0.375. The Balaban J connectivity index is 2.92. The molecule has 0 amide bonds. The van der Waals surface area contributed by atoms with Crippen molar-refractivity contribution >= 4 is 23.1 Å². The maximum Gasteiger partial charge on any atom is 0.311 e. The first-order chi connectivity index (χ1) is 7.00. The van der Waals surface area contributed by atoms with Crippen LogP contribution in [0.1, 0.15) is 6.92 Å². The molecule has 0 saturated heterocycles. The second kappa shape index (κ2) is 4.90. The van der Waals surface area contributed by atoms with Crippen LogP contribution in [0.2, 0.25) is 5.15 Å². The highest BCUT2D eigenvalue weighted by Crippen LogP contribution is 2.23. The summed E-state index contributed by atoms with van der Waals surface area (Å²) in [5.74, 6) is 0.0633. The zero-order chi connectivity index (χ0) is 11.4. The number of pyridine rings is 1. The fourth-order valence-corrected chi connectivity index (χ4v) is 1.10. The molecule has 1 unspecified atom stereocenters. The molecule has 1 rings (SSSR count). The van der Waals surface area contributed by atoms with Gasteiger partial charge in [-0.05, 0) is 13.0 Å². The van der Waals surface area contributed by atoms with Crippen molar-refractivity contribution in [2.24, 2.45) is 0 Å². The van der Waals surface area contributed by atoms with Crippen molar-refractivity contribution in [3.63, 3.8) is 0 Å². The Kier molecular flexibility index (Phi) is 3.81. The van der Waals surface area contributed by atoms with Gasteiger partial charge in [0.2, 0.25) is 5.82 Å². The Bertz CT molecular complexity index is 370. The SMILES string of the molecule is CC(O)CNc1nc(Cl)ccc1[N+](=O)[O-]. The average Bonchev–Trinajstić information content (AvgIpc) is 2.14. The van der Waals surface area contributed by atoms with Crippen molar-refractivity contribution in [2.45, 2.75) is 13.0 Å². The number of anilines is 1. The number of aliphatic hydroxyl groups is 1. The number of hydrogen-bond acceptors (Lipinski definition) is 5. The predicted molar refractivity (Wildman–Crippen MR) is 56.1 cm³/mol.